The van der Waals surface area contributed by atoms with Crippen molar-refractivity contribution >= 4 is 41.0 Å². The molecular weight excluding hydrogens is 424 g/mol. The van der Waals surface area contributed by atoms with Gasteiger partial charge in [0.15, 0.2) is 5.37 Å². The van der Waals surface area contributed by atoms with Crippen LogP contribution in [0.3, 0.4) is 0 Å². The number of rotatable bonds is 6. The second kappa shape index (κ2) is 10.5. The Hall–Kier alpha value is -1.81. The van der Waals surface area contributed by atoms with Crippen LogP contribution in [-0.4, -0.2) is 68.3 Å². The van der Waals surface area contributed by atoms with Crippen LogP contribution in [-0.2, 0) is 9.59 Å². The van der Waals surface area contributed by atoms with Crippen LogP contribution >= 0.6 is 23.1 Å². The number of thiazole rings is 1. The van der Waals surface area contributed by atoms with Gasteiger partial charge in [-0.3, -0.25) is 9.78 Å². The van der Waals surface area contributed by atoms with E-state index in [2.05, 4.69) is 17.2 Å². The van der Waals surface area contributed by atoms with Crippen molar-refractivity contribution in [2.24, 2.45) is 5.92 Å². The molecular formula is C20H30N4O4S2. The number of carboxylic acid groups (broad SMARTS) is 1. The third-order valence-electron chi connectivity index (χ3n) is 6.04. The Morgan fingerprint density at radius 1 is 1.20 bits per heavy atom. The molecule has 1 aromatic heterocycles. The number of hydrogen-bond donors (Lipinski definition) is 2. The van der Waals surface area contributed by atoms with E-state index >= 15 is 0 Å². The number of carbonyl (C=O) groups excluding carboxylic acids is 2. The molecule has 0 aromatic carbocycles. The lowest BCUT2D eigenvalue weighted by atomic mass is 9.85. The first-order valence-electron chi connectivity index (χ1n) is 10.5. The Labute approximate surface area is 185 Å². The molecule has 1 aliphatic heterocycles. The van der Waals surface area contributed by atoms with Crippen LogP contribution in [0.1, 0.15) is 52.4 Å². The Morgan fingerprint density at radius 2 is 1.83 bits per heavy atom. The summed E-state index contributed by atoms with van der Waals surface area (Å²) in [6, 6.07) is -0.194. The number of piperidine rings is 1. The van der Waals surface area contributed by atoms with Gasteiger partial charge in [0.05, 0.1) is 15.9 Å². The number of aromatic nitrogens is 1. The van der Waals surface area contributed by atoms with E-state index in [0.717, 1.165) is 54.5 Å². The molecule has 1 aromatic rings. The molecule has 2 heterocycles. The molecule has 2 N–H and O–H groups in total. The zero-order valence-corrected chi connectivity index (χ0v) is 19.1. The van der Waals surface area contributed by atoms with Crippen LogP contribution in [0.2, 0.25) is 0 Å². The highest BCUT2D eigenvalue weighted by Crippen LogP contribution is 2.32. The molecule has 2 aliphatic rings. The summed E-state index contributed by atoms with van der Waals surface area (Å²) < 4.78 is 0.746. The number of aliphatic carboxylic acids is 1. The average molecular weight is 455 g/mol. The minimum atomic E-state index is -1.08. The van der Waals surface area contributed by atoms with Gasteiger partial charge in [-0.05, 0) is 44.4 Å². The maximum atomic E-state index is 13.3. The Kier molecular flexibility index (Phi) is 7.99. The highest BCUT2D eigenvalue weighted by atomic mass is 32.2. The smallest absolute Gasteiger partial charge is 0.337 e. The standard InChI is InChI=1S/C20H30N4O4S2/c1-13-3-5-15(6-4-13)24(16-7-9-23(10-8-16)14(2)25)20(28)22-18(19(26)27)30-17-11-21-12-29-17/h11-13,15-16,18H,3-10H2,1-2H3,(H,22,28)(H,26,27). The fourth-order valence-corrected chi connectivity index (χ4v) is 5.92. The molecule has 1 aliphatic carbocycles. The van der Waals surface area contributed by atoms with E-state index in [1.807, 2.05) is 9.80 Å². The molecule has 0 radical (unpaired) electrons. The summed E-state index contributed by atoms with van der Waals surface area (Å²) in [7, 11) is 0. The van der Waals surface area contributed by atoms with Gasteiger partial charge in [-0.15, -0.1) is 11.3 Å². The molecule has 0 spiro atoms. The normalized spacial score (nSPS) is 23.6. The summed E-state index contributed by atoms with van der Waals surface area (Å²) in [6.07, 6.45) is 7.05. The molecule has 2 fully saturated rings. The number of amides is 3. The third kappa shape index (κ3) is 5.87. The van der Waals surface area contributed by atoms with Crippen LogP contribution in [0, 0.1) is 5.92 Å². The number of carbonyl (C=O) groups is 3. The largest absolute Gasteiger partial charge is 0.479 e. The molecule has 3 amide bonds. The Morgan fingerprint density at radius 3 is 2.37 bits per heavy atom. The lowest BCUT2D eigenvalue weighted by molar-refractivity contribution is -0.137. The Bertz CT molecular complexity index is 729. The molecule has 30 heavy (non-hydrogen) atoms. The second-order valence-electron chi connectivity index (χ2n) is 8.16. The van der Waals surface area contributed by atoms with Gasteiger partial charge in [0.25, 0.3) is 0 Å². The molecule has 8 nitrogen and oxygen atoms in total. The number of nitrogens with zero attached hydrogens (tertiary/aromatic N) is 3. The summed E-state index contributed by atoms with van der Waals surface area (Å²) >= 11 is 2.44. The van der Waals surface area contributed by atoms with E-state index in [0.29, 0.717) is 19.0 Å². The first kappa shape index (κ1) is 22.9. The Balaban J connectivity index is 1.72. The number of hydrogen-bond acceptors (Lipinski definition) is 6. The average Bonchev–Trinajstić information content (AvgIpc) is 3.22. The van der Waals surface area contributed by atoms with Crippen molar-refractivity contribution < 1.29 is 19.5 Å². The molecule has 1 saturated heterocycles. The van der Waals surface area contributed by atoms with Crippen molar-refractivity contribution in [2.75, 3.05) is 13.1 Å². The predicted octanol–water partition coefficient (Wildman–Crippen LogP) is 3.25. The minimum Gasteiger partial charge on any atom is -0.479 e. The van der Waals surface area contributed by atoms with Gasteiger partial charge in [-0.2, -0.15) is 0 Å². The number of thioether (sulfide) groups is 1. The van der Waals surface area contributed by atoms with Crippen LogP contribution in [0.4, 0.5) is 4.79 Å². The summed E-state index contributed by atoms with van der Waals surface area (Å²) in [5, 5.41) is 11.3. The van der Waals surface area contributed by atoms with Crippen molar-refractivity contribution in [2.45, 2.75) is 74.0 Å². The molecule has 0 bridgehead atoms. The predicted molar refractivity (Wildman–Crippen MR) is 116 cm³/mol. The van der Waals surface area contributed by atoms with Gasteiger partial charge in [0, 0.05) is 32.1 Å². The lowest BCUT2D eigenvalue weighted by Crippen LogP contribution is -2.57. The van der Waals surface area contributed by atoms with Gasteiger partial charge < -0.3 is 20.2 Å². The molecule has 1 atom stereocenters. The number of carboxylic acids is 1. The molecule has 1 unspecified atom stereocenters. The molecule has 1 saturated carbocycles. The lowest BCUT2D eigenvalue weighted by Gasteiger charge is -2.44. The van der Waals surface area contributed by atoms with Gasteiger partial charge in [-0.1, -0.05) is 18.7 Å². The summed E-state index contributed by atoms with van der Waals surface area (Å²) in [5.74, 6) is -0.368. The third-order valence-corrected chi connectivity index (χ3v) is 8.07. The van der Waals surface area contributed by atoms with E-state index in [1.54, 1.807) is 18.6 Å². The van der Waals surface area contributed by atoms with E-state index in [4.69, 9.17) is 0 Å². The van der Waals surface area contributed by atoms with Crippen molar-refractivity contribution in [3.63, 3.8) is 0 Å². The monoisotopic (exact) mass is 454 g/mol. The molecule has 166 valence electrons. The summed E-state index contributed by atoms with van der Waals surface area (Å²) in [5.41, 5.74) is 1.64. The van der Waals surface area contributed by atoms with E-state index in [1.165, 1.54) is 11.3 Å². The van der Waals surface area contributed by atoms with E-state index in [-0.39, 0.29) is 24.0 Å². The van der Waals surface area contributed by atoms with Crippen LogP contribution in [0.15, 0.2) is 15.9 Å². The highest BCUT2D eigenvalue weighted by molar-refractivity contribution is 8.02. The molecule has 10 heteroatoms. The molecule has 3 rings (SSSR count). The second-order valence-corrected chi connectivity index (χ2v) is 10.5. The van der Waals surface area contributed by atoms with Crippen molar-refractivity contribution in [1.29, 1.82) is 0 Å². The maximum absolute atomic E-state index is 13.3. The maximum Gasteiger partial charge on any atom is 0.337 e. The summed E-state index contributed by atoms with van der Waals surface area (Å²) in [6.45, 7) is 5.06. The fourth-order valence-electron chi connectivity index (χ4n) is 4.32. The number of likely N-dealkylation sites (tertiary alicyclic amines) is 1. The highest BCUT2D eigenvalue weighted by Gasteiger charge is 2.36. The fraction of sp³-hybridized carbons (Fsp3) is 0.700. The van der Waals surface area contributed by atoms with Gasteiger partial charge in [0.1, 0.15) is 0 Å². The van der Waals surface area contributed by atoms with E-state index < -0.39 is 11.3 Å². The zero-order valence-electron chi connectivity index (χ0n) is 17.5. The first-order valence-corrected chi connectivity index (χ1v) is 12.2. The SMILES string of the molecule is CC(=O)N1CCC(N(C(=O)NC(Sc2cncs2)C(=O)O)C2CCC(C)CC2)CC1. The topological polar surface area (TPSA) is 103 Å². The van der Waals surface area contributed by atoms with Crippen LogP contribution in [0.25, 0.3) is 0 Å². The van der Waals surface area contributed by atoms with Gasteiger partial charge >= 0.3 is 12.0 Å². The van der Waals surface area contributed by atoms with Crippen LogP contribution < -0.4 is 5.32 Å². The zero-order chi connectivity index (χ0) is 21.7. The number of nitrogens with one attached hydrogen (secondary N) is 1. The van der Waals surface area contributed by atoms with Crippen LogP contribution in [0.5, 0.6) is 0 Å². The van der Waals surface area contributed by atoms with Crippen molar-refractivity contribution in [1.82, 2.24) is 20.1 Å². The van der Waals surface area contributed by atoms with E-state index in [9.17, 15) is 19.5 Å². The van der Waals surface area contributed by atoms with Gasteiger partial charge in [-0.25, -0.2) is 9.59 Å². The van der Waals surface area contributed by atoms with Gasteiger partial charge in [0.2, 0.25) is 5.91 Å². The van der Waals surface area contributed by atoms with Crippen molar-refractivity contribution in [3.05, 3.63) is 11.7 Å². The minimum absolute atomic E-state index is 0.0156. The van der Waals surface area contributed by atoms with Crippen molar-refractivity contribution in [3.8, 4) is 0 Å². The first-order chi connectivity index (χ1) is 14.3. The quantitative estimate of drug-likeness (QED) is 0.505. The number of urea groups is 1. The summed E-state index contributed by atoms with van der Waals surface area (Å²) in [4.78, 5) is 44.5.